The largest absolute Gasteiger partial charge is 0.444 e. The molecular weight excluding hydrogens is 599 g/mol. The molecule has 0 bridgehead atoms. The third kappa shape index (κ3) is 12.6. The summed E-state index contributed by atoms with van der Waals surface area (Å²) in [5, 5.41) is 11.9. The molecule has 0 radical (unpaired) electrons. The van der Waals surface area contributed by atoms with E-state index in [1.807, 2.05) is 54.7 Å². The standard InChI is InChI=1S/C31H45N7O4S2/c1-22(2)29-34-25(20-43-29)18-38(5)30(40)36-27(13-15-37(3)4)28(39)33-14-9-12-24(16-23-10-7-6-8-11-23)35-31(41)42-19-26-17-32-21-44-26/h6-8,10-11,17,20-22,24,27H,9,12-16,18-19H2,1-5H3,(H,33,39)(H,35,41)(H,36,40)/t24-,27+/m1/s1. The lowest BCUT2D eigenvalue weighted by Crippen LogP contribution is -2.51. The van der Waals surface area contributed by atoms with E-state index >= 15 is 0 Å². The molecule has 0 saturated carbocycles. The average Bonchev–Trinajstić information content (AvgIpc) is 3.69. The highest BCUT2D eigenvalue weighted by Crippen LogP contribution is 2.20. The summed E-state index contributed by atoms with van der Waals surface area (Å²) in [4.78, 5) is 51.7. The van der Waals surface area contributed by atoms with Gasteiger partial charge < -0.3 is 30.5 Å². The Morgan fingerprint density at radius 2 is 1.80 bits per heavy atom. The van der Waals surface area contributed by atoms with Gasteiger partial charge in [0.15, 0.2) is 0 Å². The van der Waals surface area contributed by atoms with Crippen molar-refractivity contribution in [1.29, 1.82) is 0 Å². The average molecular weight is 644 g/mol. The van der Waals surface area contributed by atoms with Gasteiger partial charge in [0.2, 0.25) is 5.91 Å². The van der Waals surface area contributed by atoms with E-state index in [1.54, 1.807) is 35.0 Å². The molecule has 11 nitrogen and oxygen atoms in total. The lowest BCUT2D eigenvalue weighted by atomic mass is 10.0. The van der Waals surface area contributed by atoms with Crippen LogP contribution in [0.4, 0.5) is 9.59 Å². The number of nitrogens with one attached hydrogen (secondary N) is 3. The zero-order valence-electron chi connectivity index (χ0n) is 26.2. The first-order valence-corrected chi connectivity index (χ1v) is 16.6. The molecule has 1 aromatic carbocycles. The Kier molecular flexibility index (Phi) is 14.5. The molecule has 3 rings (SSSR count). The van der Waals surface area contributed by atoms with Crippen molar-refractivity contribution in [1.82, 2.24) is 35.7 Å². The summed E-state index contributed by atoms with van der Waals surface area (Å²) in [5.41, 5.74) is 3.62. The third-order valence-electron chi connectivity index (χ3n) is 6.79. The molecule has 2 atom stereocenters. The Balaban J connectivity index is 1.51. The Bertz CT molecular complexity index is 1290. The Labute approximate surface area is 268 Å². The number of hydrogen-bond acceptors (Lipinski definition) is 9. The summed E-state index contributed by atoms with van der Waals surface area (Å²) in [6, 6.07) is 8.74. The number of rotatable bonds is 17. The van der Waals surface area contributed by atoms with Crippen molar-refractivity contribution in [2.45, 2.75) is 70.7 Å². The van der Waals surface area contributed by atoms with Crippen LogP contribution in [0, 0.1) is 0 Å². The Morgan fingerprint density at radius 1 is 1.02 bits per heavy atom. The molecule has 0 aliphatic rings. The second kappa shape index (κ2) is 18.3. The number of amides is 4. The molecule has 44 heavy (non-hydrogen) atoms. The van der Waals surface area contributed by atoms with E-state index in [4.69, 9.17) is 4.74 Å². The highest BCUT2D eigenvalue weighted by Gasteiger charge is 2.23. The van der Waals surface area contributed by atoms with Crippen molar-refractivity contribution in [3.8, 4) is 0 Å². The van der Waals surface area contributed by atoms with Gasteiger partial charge in [-0.3, -0.25) is 9.78 Å². The zero-order chi connectivity index (χ0) is 31.9. The fourth-order valence-corrected chi connectivity index (χ4v) is 5.69. The van der Waals surface area contributed by atoms with Gasteiger partial charge in [-0.2, -0.15) is 0 Å². The first-order valence-electron chi connectivity index (χ1n) is 14.8. The number of nitrogens with zero attached hydrogens (tertiary/aromatic N) is 4. The van der Waals surface area contributed by atoms with Crippen molar-refractivity contribution >= 4 is 40.7 Å². The molecule has 3 N–H and O–H groups in total. The molecule has 240 valence electrons. The van der Waals surface area contributed by atoms with Gasteiger partial charge in [0.05, 0.1) is 27.6 Å². The van der Waals surface area contributed by atoms with Crippen molar-refractivity contribution in [2.75, 3.05) is 34.2 Å². The molecule has 13 heteroatoms. The van der Waals surface area contributed by atoms with E-state index in [2.05, 4.69) is 39.8 Å². The number of carbonyl (C=O) groups is 3. The molecule has 0 fully saturated rings. The van der Waals surface area contributed by atoms with Crippen LogP contribution in [0.15, 0.2) is 47.4 Å². The maximum atomic E-state index is 13.2. The van der Waals surface area contributed by atoms with Gasteiger partial charge in [-0.1, -0.05) is 44.2 Å². The topological polar surface area (TPSA) is 129 Å². The van der Waals surface area contributed by atoms with E-state index in [0.29, 0.717) is 51.2 Å². The second-order valence-corrected chi connectivity index (χ2v) is 13.2. The first-order chi connectivity index (χ1) is 21.1. The molecule has 0 unspecified atom stereocenters. The fraction of sp³-hybridized carbons (Fsp3) is 0.516. The SMILES string of the molecule is CC(C)c1nc(CN(C)C(=O)N[C@@H](CCN(C)C)C(=O)NCCC[C@H](Cc2ccccc2)NC(=O)OCc2cncs2)cs1. The number of urea groups is 1. The first kappa shape index (κ1) is 34.9. The van der Waals surface area contributed by atoms with Crippen LogP contribution in [0.2, 0.25) is 0 Å². The summed E-state index contributed by atoms with van der Waals surface area (Å²) >= 11 is 3.02. The molecule has 0 spiro atoms. The van der Waals surface area contributed by atoms with Crippen LogP contribution in [0.3, 0.4) is 0 Å². The van der Waals surface area contributed by atoms with Gasteiger partial charge in [-0.05, 0) is 51.9 Å². The predicted octanol–water partition coefficient (Wildman–Crippen LogP) is 4.62. The highest BCUT2D eigenvalue weighted by atomic mass is 32.1. The Morgan fingerprint density at radius 3 is 2.45 bits per heavy atom. The van der Waals surface area contributed by atoms with Gasteiger partial charge in [0, 0.05) is 37.1 Å². The smallest absolute Gasteiger partial charge is 0.407 e. The number of thiazole rings is 2. The van der Waals surface area contributed by atoms with Crippen molar-refractivity contribution in [2.24, 2.45) is 0 Å². The van der Waals surface area contributed by atoms with Crippen molar-refractivity contribution in [3.05, 3.63) is 68.6 Å². The minimum atomic E-state index is -0.686. The number of ether oxygens (including phenoxy) is 1. The minimum Gasteiger partial charge on any atom is -0.444 e. The quantitative estimate of drug-likeness (QED) is 0.183. The van der Waals surface area contributed by atoms with Crippen LogP contribution in [0.1, 0.15) is 60.2 Å². The van der Waals surface area contributed by atoms with Crippen LogP contribution in [0.25, 0.3) is 0 Å². The molecule has 3 aromatic rings. The van der Waals surface area contributed by atoms with E-state index in [-0.39, 0.29) is 24.6 Å². The van der Waals surface area contributed by atoms with Crippen molar-refractivity contribution < 1.29 is 19.1 Å². The molecular formula is C31H45N7O4S2. The lowest BCUT2D eigenvalue weighted by molar-refractivity contribution is -0.123. The third-order valence-corrected chi connectivity index (χ3v) is 8.74. The normalized spacial score (nSPS) is 12.5. The van der Waals surface area contributed by atoms with Crippen LogP contribution >= 0.6 is 22.7 Å². The summed E-state index contributed by atoms with van der Waals surface area (Å²) in [5.74, 6) is 0.0975. The summed E-state index contributed by atoms with van der Waals surface area (Å²) < 4.78 is 5.38. The van der Waals surface area contributed by atoms with Gasteiger partial charge >= 0.3 is 12.1 Å². The zero-order valence-corrected chi connectivity index (χ0v) is 27.9. The maximum absolute atomic E-state index is 13.2. The highest BCUT2D eigenvalue weighted by molar-refractivity contribution is 7.09. The number of aromatic nitrogens is 2. The van der Waals surface area contributed by atoms with E-state index in [1.165, 1.54) is 11.3 Å². The van der Waals surface area contributed by atoms with Crippen LogP contribution in [0.5, 0.6) is 0 Å². The molecule has 2 heterocycles. The van der Waals surface area contributed by atoms with E-state index in [0.717, 1.165) is 21.1 Å². The van der Waals surface area contributed by atoms with E-state index < -0.39 is 12.1 Å². The number of hydrogen-bond donors (Lipinski definition) is 3. The van der Waals surface area contributed by atoms with Gasteiger partial charge in [0.25, 0.3) is 0 Å². The van der Waals surface area contributed by atoms with Gasteiger partial charge in [0.1, 0.15) is 12.6 Å². The summed E-state index contributed by atoms with van der Waals surface area (Å²) in [6.07, 6.45) is 3.56. The maximum Gasteiger partial charge on any atom is 0.407 e. The van der Waals surface area contributed by atoms with Crippen molar-refractivity contribution in [3.63, 3.8) is 0 Å². The second-order valence-electron chi connectivity index (χ2n) is 11.3. The minimum absolute atomic E-state index is 0.169. The lowest BCUT2D eigenvalue weighted by Gasteiger charge is -2.24. The monoisotopic (exact) mass is 643 g/mol. The number of carbonyl (C=O) groups excluding carboxylic acids is 3. The van der Waals surface area contributed by atoms with Gasteiger partial charge in [-0.25, -0.2) is 14.6 Å². The van der Waals surface area contributed by atoms with Crippen LogP contribution in [-0.2, 0) is 29.1 Å². The molecule has 0 saturated heterocycles. The predicted molar refractivity (Wildman–Crippen MR) is 175 cm³/mol. The Hall–Kier alpha value is -3.55. The van der Waals surface area contributed by atoms with Crippen LogP contribution in [-0.4, -0.2) is 84.1 Å². The summed E-state index contributed by atoms with van der Waals surface area (Å²) in [7, 11) is 5.56. The fourth-order valence-electron chi connectivity index (χ4n) is 4.36. The van der Waals surface area contributed by atoms with E-state index in [9.17, 15) is 14.4 Å². The molecule has 0 aliphatic heterocycles. The number of alkyl carbamates (subject to hydrolysis) is 1. The summed E-state index contributed by atoms with van der Waals surface area (Å²) in [6.45, 7) is 5.75. The molecule has 0 aliphatic carbocycles. The number of benzene rings is 1. The van der Waals surface area contributed by atoms with Gasteiger partial charge in [-0.15, -0.1) is 22.7 Å². The molecule has 4 amide bonds. The molecule has 2 aromatic heterocycles. The van der Waals surface area contributed by atoms with Crippen LogP contribution < -0.4 is 16.0 Å².